The quantitative estimate of drug-likeness (QED) is 0.597. The number of fused-ring (bicyclic) bond motifs is 3. The smallest absolute Gasteiger partial charge is 0.174 e. The summed E-state index contributed by atoms with van der Waals surface area (Å²) in [7, 11) is 1.68. The van der Waals surface area contributed by atoms with Crippen molar-refractivity contribution in [3.63, 3.8) is 0 Å². The number of methoxy groups -OCH3 is 1. The molecule has 0 unspecified atom stereocenters. The minimum atomic E-state index is -0.449. The van der Waals surface area contributed by atoms with Gasteiger partial charge in [0.1, 0.15) is 6.79 Å². The van der Waals surface area contributed by atoms with Crippen LogP contribution in [0.5, 0.6) is 0 Å². The Morgan fingerprint density at radius 1 is 1.19 bits per heavy atom. The molecular formula is C21H34O5. The van der Waals surface area contributed by atoms with Gasteiger partial charge in [0.05, 0.1) is 19.3 Å². The van der Waals surface area contributed by atoms with E-state index < -0.39 is 5.79 Å². The molecule has 0 bridgehead atoms. The van der Waals surface area contributed by atoms with Crippen LogP contribution in [0.2, 0.25) is 0 Å². The zero-order chi connectivity index (χ0) is 18.4. The molecular weight excluding hydrogens is 332 g/mol. The average molecular weight is 366 g/mol. The Balaban J connectivity index is 1.77. The van der Waals surface area contributed by atoms with Gasteiger partial charge in [-0.25, -0.2) is 0 Å². The highest BCUT2D eigenvalue weighted by Crippen LogP contribution is 2.65. The number of hydrogen-bond acceptors (Lipinski definition) is 5. The summed E-state index contributed by atoms with van der Waals surface area (Å²) < 4.78 is 24.0. The molecule has 3 aliphatic carbocycles. The van der Waals surface area contributed by atoms with Crippen molar-refractivity contribution in [2.45, 2.75) is 70.7 Å². The van der Waals surface area contributed by atoms with Gasteiger partial charge < -0.3 is 24.1 Å². The first-order chi connectivity index (χ1) is 12.5. The summed E-state index contributed by atoms with van der Waals surface area (Å²) in [4.78, 5) is 0. The van der Waals surface area contributed by atoms with Crippen molar-refractivity contribution in [1.82, 2.24) is 0 Å². The van der Waals surface area contributed by atoms with E-state index in [-0.39, 0.29) is 23.5 Å². The summed E-state index contributed by atoms with van der Waals surface area (Å²) in [6.07, 6.45) is 7.28. The molecule has 0 aromatic rings. The zero-order valence-electron chi connectivity index (χ0n) is 16.5. The molecule has 4 atom stereocenters. The predicted molar refractivity (Wildman–Crippen MR) is 97.5 cm³/mol. The van der Waals surface area contributed by atoms with Gasteiger partial charge in [0.15, 0.2) is 5.79 Å². The van der Waals surface area contributed by atoms with Gasteiger partial charge in [-0.05, 0) is 55.4 Å². The van der Waals surface area contributed by atoms with E-state index in [1.807, 2.05) is 0 Å². The number of ether oxygens (including phenoxy) is 4. The van der Waals surface area contributed by atoms with E-state index in [4.69, 9.17) is 18.9 Å². The number of allylic oxidation sites excluding steroid dienone is 1. The first kappa shape index (κ1) is 18.9. The third-order valence-corrected chi connectivity index (χ3v) is 7.73. The molecule has 2 fully saturated rings. The molecule has 26 heavy (non-hydrogen) atoms. The van der Waals surface area contributed by atoms with Crippen molar-refractivity contribution in [3.05, 3.63) is 11.1 Å². The van der Waals surface area contributed by atoms with Crippen LogP contribution in [0.25, 0.3) is 0 Å². The van der Waals surface area contributed by atoms with Crippen LogP contribution in [0.15, 0.2) is 11.1 Å². The SMILES string of the molecule is COCO[C@H]1C[C@@]2(C)[C@@H](CCC23OCCO3)C2=C1[C@@](C)(CCO)CCC2. The molecule has 1 aliphatic heterocycles. The van der Waals surface area contributed by atoms with Gasteiger partial charge in [-0.2, -0.15) is 0 Å². The van der Waals surface area contributed by atoms with E-state index in [1.165, 1.54) is 12.0 Å². The van der Waals surface area contributed by atoms with Crippen LogP contribution in [-0.4, -0.2) is 50.7 Å². The molecule has 4 aliphatic rings. The van der Waals surface area contributed by atoms with Crippen molar-refractivity contribution < 1.29 is 24.1 Å². The minimum Gasteiger partial charge on any atom is -0.396 e. The maximum absolute atomic E-state index is 9.71. The second-order valence-corrected chi connectivity index (χ2v) is 9.05. The molecule has 4 rings (SSSR count). The second-order valence-electron chi connectivity index (χ2n) is 9.05. The topological polar surface area (TPSA) is 57.2 Å². The molecule has 0 aromatic heterocycles. The lowest BCUT2D eigenvalue weighted by Crippen LogP contribution is -2.53. The van der Waals surface area contributed by atoms with Gasteiger partial charge in [-0.15, -0.1) is 0 Å². The Labute approximate surface area is 157 Å². The van der Waals surface area contributed by atoms with Crippen LogP contribution in [0.4, 0.5) is 0 Å². The molecule has 5 nitrogen and oxygen atoms in total. The van der Waals surface area contributed by atoms with Crippen LogP contribution >= 0.6 is 0 Å². The molecule has 1 saturated heterocycles. The summed E-state index contributed by atoms with van der Waals surface area (Å²) in [5, 5.41) is 9.71. The fourth-order valence-electron chi connectivity index (χ4n) is 6.56. The van der Waals surface area contributed by atoms with Crippen molar-refractivity contribution in [2.75, 3.05) is 33.7 Å². The van der Waals surface area contributed by atoms with E-state index >= 15 is 0 Å². The highest BCUT2D eigenvalue weighted by molar-refractivity contribution is 5.37. The van der Waals surface area contributed by atoms with Crippen LogP contribution in [-0.2, 0) is 18.9 Å². The Bertz CT molecular complexity index is 567. The van der Waals surface area contributed by atoms with E-state index in [2.05, 4.69) is 13.8 Å². The van der Waals surface area contributed by atoms with Crippen LogP contribution in [0, 0.1) is 16.7 Å². The van der Waals surface area contributed by atoms with Crippen LogP contribution in [0.1, 0.15) is 58.8 Å². The van der Waals surface area contributed by atoms with E-state index in [1.54, 1.807) is 12.7 Å². The molecule has 1 N–H and O–H groups in total. The first-order valence-corrected chi connectivity index (χ1v) is 10.2. The molecule has 1 heterocycles. The Kier molecular flexibility index (Phi) is 4.98. The van der Waals surface area contributed by atoms with E-state index in [9.17, 15) is 5.11 Å². The number of aliphatic hydroxyl groups excluding tert-OH is 1. The van der Waals surface area contributed by atoms with Gasteiger partial charge in [0, 0.05) is 25.6 Å². The highest BCUT2D eigenvalue weighted by Gasteiger charge is 2.65. The maximum Gasteiger partial charge on any atom is 0.174 e. The van der Waals surface area contributed by atoms with Gasteiger partial charge >= 0.3 is 0 Å². The summed E-state index contributed by atoms with van der Waals surface area (Å²) >= 11 is 0. The lowest BCUT2D eigenvalue weighted by Gasteiger charge is -2.53. The first-order valence-electron chi connectivity index (χ1n) is 10.2. The van der Waals surface area contributed by atoms with Crippen molar-refractivity contribution >= 4 is 0 Å². The standard InChI is InChI=1S/C21H34O5/c1-19(9-10-22)7-4-5-15-16-6-8-21(25-11-12-26-21)20(16,2)13-17(18(15)19)24-14-23-3/h16-17,22H,4-14H2,1-3H3/t16-,17-,19+,20-/m0/s1. The fourth-order valence-corrected chi connectivity index (χ4v) is 6.56. The zero-order valence-corrected chi connectivity index (χ0v) is 16.5. The Hall–Kier alpha value is -0.460. The summed E-state index contributed by atoms with van der Waals surface area (Å²) in [6, 6.07) is 0. The van der Waals surface area contributed by atoms with Crippen molar-refractivity contribution in [1.29, 1.82) is 0 Å². The molecule has 1 saturated carbocycles. The summed E-state index contributed by atoms with van der Waals surface area (Å²) in [5.41, 5.74) is 2.98. The van der Waals surface area contributed by atoms with Crippen LogP contribution < -0.4 is 0 Å². The number of hydrogen-bond donors (Lipinski definition) is 1. The lowest BCUT2D eigenvalue weighted by molar-refractivity contribution is -0.236. The van der Waals surface area contributed by atoms with Crippen molar-refractivity contribution in [2.24, 2.45) is 16.7 Å². The van der Waals surface area contributed by atoms with Gasteiger partial charge in [-0.1, -0.05) is 19.4 Å². The third-order valence-electron chi connectivity index (χ3n) is 7.73. The molecule has 0 amide bonds. The maximum atomic E-state index is 9.71. The molecule has 0 radical (unpaired) electrons. The van der Waals surface area contributed by atoms with Gasteiger partial charge in [-0.3, -0.25) is 0 Å². The minimum absolute atomic E-state index is 0.0193. The van der Waals surface area contributed by atoms with Gasteiger partial charge in [0.2, 0.25) is 0 Å². The average Bonchev–Trinajstić information content (AvgIpc) is 3.20. The van der Waals surface area contributed by atoms with E-state index in [0.717, 1.165) is 38.5 Å². The largest absolute Gasteiger partial charge is 0.396 e. The molecule has 1 spiro atoms. The molecule has 0 aromatic carbocycles. The monoisotopic (exact) mass is 366 g/mol. The fraction of sp³-hybridized carbons (Fsp3) is 0.905. The summed E-state index contributed by atoms with van der Waals surface area (Å²) in [5.74, 6) is 0.0479. The summed E-state index contributed by atoms with van der Waals surface area (Å²) in [6.45, 7) is 6.58. The second kappa shape index (κ2) is 6.85. The lowest BCUT2D eigenvalue weighted by atomic mass is 9.55. The Morgan fingerprint density at radius 2 is 1.96 bits per heavy atom. The normalized spacial score (nSPS) is 41.5. The third kappa shape index (κ3) is 2.62. The van der Waals surface area contributed by atoms with Gasteiger partial charge in [0.25, 0.3) is 0 Å². The number of rotatable bonds is 5. The highest BCUT2D eigenvalue weighted by atomic mass is 16.7. The molecule has 5 heteroatoms. The Morgan fingerprint density at radius 3 is 2.65 bits per heavy atom. The van der Waals surface area contributed by atoms with Crippen LogP contribution in [0.3, 0.4) is 0 Å². The number of aliphatic hydroxyl groups is 1. The predicted octanol–water partition coefficient (Wildman–Crippen LogP) is 3.41. The molecule has 148 valence electrons. The van der Waals surface area contributed by atoms with Crippen molar-refractivity contribution in [3.8, 4) is 0 Å². The van der Waals surface area contributed by atoms with E-state index in [0.29, 0.717) is 25.9 Å².